The van der Waals surface area contributed by atoms with Gasteiger partial charge in [-0.05, 0) is 49.7 Å². The van der Waals surface area contributed by atoms with E-state index in [9.17, 15) is 9.90 Å². The predicted molar refractivity (Wildman–Crippen MR) is 81.7 cm³/mol. The van der Waals surface area contributed by atoms with Crippen molar-refractivity contribution >= 4 is 23.0 Å². The molecule has 0 saturated carbocycles. The first-order valence-corrected chi connectivity index (χ1v) is 6.50. The molecule has 0 aliphatic carbocycles. The third-order valence-electron chi connectivity index (χ3n) is 3.17. The molecule has 0 radical (unpaired) electrons. The average Bonchev–Trinajstić information content (AvgIpc) is 2.39. The van der Waals surface area contributed by atoms with Crippen molar-refractivity contribution < 1.29 is 9.90 Å². The monoisotopic (exact) mass is 270 g/mol. The number of hydrogen-bond acceptors (Lipinski definition) is 3. The maximum absolute atomic E-state index is 11.4. The van der Waals surface area contributed by atoms with E-state index in [2.05, 4.69) is 0 Å². The van der Waals surface area contributed by atoms with Crippen LogP contribution in [-0.4, -0.2) is 17.6 Å². The van der Waals surface area contributed by atoms with Crippen molar-refractivity contribution in [2.24, 2.45) is 0 Å². The van der Waals surface area contributed by atoms with Crippen LogP contribution in [0.3, 0.4) is 0 Å². The highest BCUT2D eigenvalue weighted by molar-refractivity contribution is 5.96. The van der Waals surface area contributed by atoms with E-state index in [1.54, 1.807) is 18.2 Å². The molecule has 0 bridgehead atoms. The number of anilines is 3. The summed E-state index contributed by atoms with van der Waals surface area (Å²) in [6, 6.07) is 12.8. The number of carboxylic acid groups (broad SMARTS) is 1. The van der Waals surface area contributed by atoms with Crippen LogP contribution in [0.1, 0.15) is 22.8 Å². The molecule has 0 saturated heterocycles. The lowest BCUT2D eigenvalue weighted by molar-refractivity contribution is 0.0697. The molecule has 0 spiro atoms. The van der Waals surface area contributed by atoms with Gasteiger partial charge in [0.1, 0.15) is 0 Å². The molecule has 0 amide bonds. The molecule has 20 heavy (non-hydrogen) atoms. The van der Waals surface area contributed by atoms with E-state index < -0.39 is 5.97 Å². The Hall–Kier alpha value is -2.49. The highest BCUT2D eigenvalue weighted by atomic mass is 16.4. The Kier molecular flexibility index (Phi) is 3.94. The van der Waals surface area contributed by atoms with Crippen LogP contribution in [0.5, 0.6) is 0 Å². The highest BCUT2D eigenvalue weighted by Gasteiger charge is 2.16. The van der Waals surface area contributed by atoms with Gasteiger partial charge >= 0.3 is 5.97 Å². The molecule has 2 aromatic carbocycles. The Morgan fingerprint density at radius 3 is 2.60 bits per heavy atom. The van der Waals surface area contributed by atoms with Gasteiger partial charge in [0.2, 0.25) is 0 Å². The lowest BCUT2D eigenvalue weighted by atomic mass is 10.1. The van der Waals surface area contributed by atoms with Gasteiger partial charge in [-0.2, -0.15) is 0 Å². The van der Waals surface area contributed by atoms with E-state index in [0.29, 0.717) is 17.9 Å². The molecular formula is C16H18N2O2. The molecular weight excluding hydrogens is 252 g/mol. The molecule has 0 atom stereocenters. The molecule has 0 aliphatic heterocycles. The van der Waals surface area contributed by atoms with Crippen molar-refractivity contribution in [2.75, 3.05) is 17.2 Å². The van der Waals surface area contributed by atoms with Gasteiger partial charge in [-0.1, -0.05) is 12.1 Å². The third-order valence-corrected chi connectivity index (χ3v) is 3.17. The van der Waals surface area contributed by atoms with E-state index in [1.165, 1.54) is 0 Å². The van der Waals surface area contributed by atoms with Gasteiger partial charge in [0, 0.05) is 17.9 Å². The van der Waals surface area contributed by atoms with Gasteiger partial charge < -0.3 is 15.7 Å². The summed E-state index contributed by atoms with van der Waals surface area (Å²) < 4.78 is 0. The van der Waals surface area contributed by atoms with Crippen LogP contribution in [-0.2, 0) is 0 Å². The summed E-state index contributed by atoms with van der Waals surface area (Å²) in [6.45, 7) is 4.65. The van der Waals surface area contributed by atoms with Crippen LogP contribution < -0.4 is 10.6 Å². The second kappa shape index (κ2) is 5.65. The number of benzene rings is 2. The SMILES string of the molecule is CCN(c1cccc(C)c1)c1cc(N)ccc1C(=O)O. The largest absolute Gasteiger partial charge is 0.478 e. The number of carbonyl (C=O) groups is 1. The minimum atomic E-state index is -0.953. The number of nitrogens with zero attached hydrogens (tertiary/aromatic N) is 1. The molecule has 3 N–H and O–H groups in total. The summed E-state index contributed by atoms with van der Waals surface area (Å²) >= 11 is 0. The van der Waals surface area contributed by atoms with E-state index >= 15 is 0 Å². The van der Waals surface area contributed by atoms with Crippen LogP contribution in [0.4, 0.5) is 17.1 Å². The first-order valence-electron chi connectivity index (χ1n) is 6.50. The molecule has 2 aromatic rings. The lowest BCUT2D eigenvalue weighted by Gasteiger charge is -2.25. The van der Waals surface area contributed by atoms with Crippen molar-refractivity contribution in [3.05, 3.63) is 53.6 Å². The van der Waals surface area contributed by atoms with Crippen molar-refractivity contribution in [3.8, 4) is 0 Å². The zero-order valence-corrected chi connectivity index (χ0v) is 11.6. The van der Waals surface area contributed by atoms with Crippen LogP contribution >= 0.6 is 0 Å². The normalized spacial score (nSPS) is 10.3. The van der Waals surface area contributed by atoms with Crippen molar-refractivity contribution in [2.45, 2.75) is 13.8 Å². The van der Waals surface area contributed by atoms with Gasteiger partial charge in [-0.3, -0.25) is 0 Å². The van der Waals surface area contributed by atoms with Gasteiger partial charge in [0.15, 0.2) is 0 Å². The van der Waals surface area contributed by atoms with E-state index in [0.717, 1.165) is 11.3 Å². The molecule has 2 rings (SSSR count). The fourth-order valence-corrected chi connectivity index (χ4v) is 2.24. The zero-order valence-electron chi connectivity index (χ0n) is 11.6. The number of hydrogen-bond donors (Lipinski definition) is 2. The highest BCUT2D eigenvalue weighted by Crippen LogP contribution is 2.30. The second-order valence-electron chi connectivity index (χ2n) is 4.67. The molecule has 0 heterocycles. The van der Waals surface area contributed by atoms with E-state index in [-0.39, 0.29) is 5.56 Å². The number of aromatic carboxylic acids is 1. The molecule has 0 aliphatic rings. The van der Waals surface area contributed by atoms with E-state index in [4.69, 9.17) is 5.73 Å². The topological polar surface area (TPSA) is 66.6 Å². The summed E-state index contributed by atoms with van der Waals surface area (Å²) in [4.78, 5) is 13.3. The Bertz CT molecular complexity index is 638. The first-order chi connectivity index (χ1) is 9.52. The van der Waals surface area contributed by atoms with Gasteiger partial charge in [-0.25, -0.2) is 4.79 Å². The zero-order chi connectivity index (χ0) is 14.7. The average molecular weight is 270 g/mol. The maximum atomic E-state index is 11.4. The lowest BCUT2D eigenvalue weighted by Crippen LogP contribution is -2.19. The van der Waals surface area contributed by atoms with Crippen LogP contribution in [0.15, 0.2) is 42.5 Å². The maximum Gasteiger partial charge on any atom is 0.337 e. The van der Waals surface area contributed by atoms with Crippen molar-refractivity contribution in [1.82, 2.24) is 0 Å². The fraction of sp³-hybridized carbons (Fsp3) is 0.188. The number of aryl methyl sites for hydroxylation is 1. The molecule has 0 aromatic heterocycles. The fourth-order valence-electron chi connectivity index (χ4n) is 2.24. The molecule has 104 valence electrons. The van der Waals surface area contributed by atoms with Crippen LogP contribution in [0.25, 0.3) is 0 Å². The third kappa shape index (κ3) is 2.74. The smallest absolute Gasteiger partial charge is 0.337 e. The number of nitrogens with two attached hydrogens (primary N) is 1. The Morgan fingerprint density at radius 1 is 1.25 bits per heavy atom. The Morgan fingerprint density at radius 2 is 2.00 bits per heavy atom. The van der Waals surface area contributed by atoms with E-state index in [1.807, 2.05) is 43.0 Å². The van der Waals surface area contributed by atoms with Crippen molar-refractivity contribution in [3.63, 3.8) is 0 Å². The van der Waals surface area contributed by atoms with Crippen molar-refractivity contribution in [1.29, 1.82) is 0 Å². The standard InChI is InChI=1S/C16H18N2O2/c1-3-18(13-6-4-5-11(2)9-13)15-10-12(17)7-8-14(15)16(19)20/h4-10H,3,17H2,1-2H3,(H,19,20). The summed E-state index contributed by atoms with van der Waals surface area (Å²) in [5, 5.41) is 9.33. The number of carboxylic acids is 1. The van der Waals surface area contributed by atoms with Gasteiger partial charge in [-0.15, -0.1) is 0 Å². The van der Waals surface area contributed by atoms with Gasteiger partial charge in [0.25, 0.3) is 0 Å². The second-order valence-corrected chi connectivity index (χ2v) is 4.67. The molecule has 4 nitrogen and oxygen atoms in total. The molecule has 0 unspecified atom stereocenters. The minimum absolute atomic E-state index is 0.252. The Labute approximate surface area is 118 Å². The van der Waals surface area contributed by atoms with Crippen LogP contribution in [0.2, 0.25) is 0 Å². The first kappa shape index (κ1) is 13.9. The Balaban J connectivity index is 2.57. The summed E-state index contributed by atoms with van der Waals surface area (Å²) in [6.07, 6.45) is 0. The van der Waals surface area contributed by atoms with Gasteiger partial charge in [0.05, 0.1) is 11.3 Å². The van der Waals surface area contributed by atoms with Crippen LogP contribution in [0, 0.1) is 6.92 Å². The summed E-state index contributed by atoms with van der Waals surface area (Å²) in [7, 11) is 0. The summed E-state index contributed by atoms with van der Waals surface area (Å²) in [5.74, 6) is -0.953. The molecule has 0 fully saturated rings. The number of nitrogen functional groups attached to an aromatic ring is 1. The summed E-state index contributed by atoms with van der Waals surface area (Å²) in [5.41, 5.74) is 9.31. The quantitative estimate of drug-likeness (QED) is 0.835. The molecule has 4 heteroatoms. The predicted octanol–water partition coefficient (Wildman–Crippen LogP) is 3.43. The minimum Gasteiger partial charge on any atom is -0.478 e. The number of rotatable bonds is 4.